The topological polar surface area (TPSA) is 35.2 Å². The Hall–Kier alpha value is -0.980. The smallest absolute Gasteiger partial charge is 0.180 e. The van der Waals surface area contributed by atoms with Crippen LogP contribution >= 0.6 is 44.1 Å². The Kier molecular flexibility index (Phi) is 4.78. The number of benzene rings is 2. The van der Waals surface area contributed by atoms with E-state index in [0.717, 1.165) is 10.0 Å². The highest BCUT2D eigenvalue weighted by molar-refractivity contribution is 9.10. The van der Waals surface area contributed by atoms with Crippen molar-refractivity contribution in [3.05, 3.63) is 56.2 Å². The number of rotatable bonds is 3. The minimum Gasteiger partial charge on any atom is -0.454 e. The summed E-state index contributed by atoms with van der Waals surface area (Å²) in [6.07, 6.45) is 0. The lowest BCUT2D eigenvalue weighted by atomic mass is 10.2. The molecule has 0 aliphatic rings. The second kappa shape index (κ2) is 6.20. The minimum absolute atomic E-state index is 0.113. The molecule has 0 atom stereocenters. The average molecular weight is 419 g/mol. The first-order chi connectivity index (χ1) is 9.40. The van der Waals surface area contributed by atoms with Crippen molar-refractivity contribution in [1.29, 1.82) is 0 Å². The van der Waals surface area contributed by atoms with Crippen LogP contribution in [0.1, 0.15) is 11.1 Å². The molecule has 6 heteroatoms. The van der Waals surface area contributed by atoms with Gasteiger partial charge in [0.05, 0.1) is 4.47 Å². The van der Waals surface area contributed by atoms with E-state index in [1.54, 1.807) is 12.1 Å². The van der Waals surface area contributed by atoms with E-state index >= 15 is 0 Å². The Bertz CT molecular complexity index is 691. The summed E-state index contributed by atoms with van der Waals surface area (Å²) in [5.74, 6) is 0.169. The van der Waals surface area contributed by atoms with E-state index in [4.69, 9.17) is 22.7 Å². The maximum atomic E-state index is 14.2. The van der Waals surface area contributed by atoms with Gasteiger partial charge in [0.2, 0.25) is 0 Å². The van der Waals surface area contributed by atoms with Crippen molar-refractivity contribution in [2.75, 3.05) is 0 Å². The van der Waals surface area contributed by atoms with Crippen LogP contribution in [-0.4, -0.2) is 4.99 Å². The van der Waals surface area contributed by atoms with Gasteiger partial charge in [-0.05, 0) is 58.7 Å². The second-order valence-electron chi connectivity index (χ2n) is 4.12. The Morgan fingerprint density at radius 1 is 1.20 bits per heavy atom. The van der Waals surface area contributed by atoms with Crippen molar-refractivity contribution in [2.45, 2.75) is 6.92 Å². The van der Waals surface area contributed by atoms with Crippen LogP contribution in [0.4, 0.5) is 4.39 Å². The van der Waals surface area contributed by atoms with Gasteiger partial charge in [0.1, 0.15) is 10.7 Å². The molecule has 2 aromatic rings. The molecule has 0 radical (unpaired) electrons. The second-order valence-corrected chi connectivity index (χ2v) is 6.26. The molecule has 0 saturated heterocycles. The van der Waals surface area contributed by atoms with Gasteiger partial charge in [0.25, 0.3) is 0 Å². The van der Waals surface area contributed by atoms with Gasteiger partial charge in [-0.15, -0.1) is 0 Å². The van der Waals surface area contributed by atoms with Crippen LogP contribution in [-0.2, 0) is 0 Å². The van der Waals surface area contributed by atoms with E-state index in [9.17, 15) is 4.39 Å². The molecule has 2 aromatic carbocycles. The number of nitrogens with two attached hydrogens (primary N) is 1. The van der Waals surface area contributed by atoms with E-state index < -0.39 is 5.82 Å². The Labute approximate surface area is 138 Å². The predicted molar refractivity (Wildman–Crippen MR) is 88.9 cm³/mol. The van der Waals surface area contributed by atoms with Gasteiger partial charge < -0.3 is 10.5 Å². The normalized spacial score (nSPS) is 10.4. The largest absolute Gasteiger partial charge is 0.454 e. The molecular weight excluding hydrogens is 409 g/mol. The van der Waals surface area contributed by atoms with Gasteiger partial charge in [0.15, 0.2) is 11.6 Å². The molecule has 0 aromatic heterocycles. The molecule has 2 N–H and O–H groups in total. The number of hydrogen-bond donors (Lipinski definition) is 1. The van der Waals surface area contributed by atoms with E-state index in [-0.39, 0.29) is 15.2 Å². The molecule has 0 fully saturated rings. The Morgan fingerprint density at radius 3 is 2.45 bits per heavy atom. The summed E-state index contributed by atoms with van der Waals surface area (Å²) < 4.78 is 21.0. The number of ether oxygens (including phenoxy) is 1. The van der Waals surface area contributed by atoms with Gasteiger partial charge >= 0.3 is 0 Å². The first-order valence-corrected chi connectivity index (χ1v) is 7.61. The molecule has 0 aliphatic carbocycles. The fourth-order valence-electron chi connectivity index (χ4n) is 1.65. The number of halogens is 3. The lowest BCUT2D eigenvalue weighted by Gasteiger charge is -2.12. The standard InChI is InChI=1S/C14H10Br2FNOS/c1-7-6-8(15)2-4-10(7)19-11-5-3-9(14(18)20)12(16)13(11)17/h2-6H,1H3,(H2,18,20). The summed E-state index contributed by atoms with van der Waals surface area (Å²) in [5.41, 5.74) is 6.85. The van der Waals surface area contributed by atoms with Crippen LogP contribution in [0.25, 0.3) is 0 Å². The Balaban J connectivity index is 2.39. The number of aryl methyl sites for hydroxylation is 1. The zero-order valence-corrected chi connectivity index (χ0v) is 14.4. The SMILES string of the molecule is Cc1cc(Br)ccc1Oc1ccc(C(N)=S)c(Br)c1F. The number of hydrogen-bond acceptors (Lipinski definition) is 2. The average Bonchev–Trinajstić information content (AvgIpc) is 2.37. The molecule has 0 heterocycles. The molecule has 0 amide bonds. The third-order valence-corrected chi connectivity index (χ3v) is 4.16. The van der Waals surface area contributed by atoms with Gasteiger partial charge in [-0.1, -0.05) is 28.1 Å². The lowest BCUT2D eigenvalue weighted by molar-refractivity contribution is 0.437. The minimum atomic E-state index is -0.530. The zero-order valence-electron chi connectivity index (χ0n) is 10.4. The molecule has 0 spiro atoms. The van der Waals surface area contributed by atoms with Crippen molar-refractivity contribution in [1.82, 2.24) is 0 Å². The highest BCUT2D eigenvalue weighted by atomic mass is 79.9. The molecular formula is C14H10Br2FNOS. The van der Waals surface area contributed by atoms with Gasteiger partial charge in [0, 0.05) is 10.0 Å². The summed E-state index contributed by atoms with van der Waals surface area (Å²) in [4.78, 5) is 0.127. The van der Waals surface area contributed by atoms with Crippen LogP contribution < -0.4 is 10.5 Å². The van der Waals surface area contributed by atoms with E-state index in [2.05, 4.69) is 31.9 Å². The van der Waals surface area contributed by atoms with Gasteiger partial charge in [-0.2, -0.15) is 0 Å². The molecule has 20 heavy (non-hydrogen) atoms. The molecule has 0 unspecified atom stereocenters. The van der Waals surface area contributed by atoms with Crippen LogP contribution in [0, 0.1) is 12.7 Å². The first kappa shape index (κ1) is 15.4. The fourth-order valence-corrected chi connectivity index (χ4v) is 2.96. The highest BCUT2D eigenvalue weighted by Crippen LogP contribution is 2.33. The third-order valence-electron chi connectivity index (χ3n) is 2.67. The van der Waals surface area contributed by atoms with Crippen molar-refractivity contribution in [2.24, 2.45) is 5.73 Å². The summed E-state index contributed by atoms with van der Waals surface area (Å²) in [7, 11) is 0. The molecule has 2 rings (SSSR count). The third kappa shape index (κ3) is 3.19. The van der Waals surface area contributed by atoms with Crippen LogP contribution in [0.2, 0.25) is 0 Å². The van der Waals surface area contributed by atoms with Crippen molar-refractivity contribution < 1.29 is 9.13 Å². The van der Waals surface area contributed by atoms with E-state index in [1.165, 1.54) is 6.07 Å². The quantitative estimate of drug-likeness (QED) is 0.705. The van der Waals surface area contributed by atoms with Crippen LogP contribution in [0.15, 0.2) is 39.3 Å². The summed E-state index contributed by atoms with van der Waals surface area (Å²) >= 11 is 11.4. The first-order valence-electron chi connectivity index (χ1n) is 5.62. The monoisotopic (exact) mass is 417 g/mol. The molecule has 2 nitrogen and oxygen atoms in total. The van der Waals surface area contributed by atoms with Gasteiger partial charge in [-0.3, -0.25) is 0 Å². The molecule has 104 valence electrons. The van der Waals surface area contributed by atoms with Crippen molar-refractivity contribution in [3.63, 3.8) is 0 Å². The highest BCUT2D eigenvalue weighted by Gasteiger charge is 2.15. The maximum Gasteiger partial charge on any atom is 0.180 e. The summed E-state index contributed by atoms with van der Waals surface area (Å²) in [6, 6.07) is 8.63. The molecule has 0 saturated carbocycles. The number of thiocarbonyl (C=S) groups is 1. The van der Waals surface area contributed by atoms with Crippen LogP contribution in [0.5, 0.6) is 11.5 Å². The molecule has 0 bridgehead atoms. The molecule has 0 aliphatic heterocycles. The van der Waals surface area contributed by atoms with Crippen molar-refractivity contribution in [3.8, 4) is 11.5 Å². The van der Waals surface area contributed by atoms with Crippen molar-refractivity contribution >= 4 is 49.1 Å². The lowest BCUT2D eigenvalue weighted by Crippen LogP contribution is -2.11. The fraction of sp³-hybridized carbons (Fsp3) is 0.0714. The van der Waals surface area contributed by atoms with Crippen LogP contribution in [0.3, 0.4) is 0 Å². The maximum absolute atomic E-state index is 14.2. The zero-order chi connectivity index (χ0) is 14.9. The summed E-state index contributed by atoms with van der Waals surface area (Å²) in [5, 5.41) is 0. The van der Waals surface area contributed by atoms with Gasteiger partial charge in [-0.25, -0.2) is 4.39 Å². The van der Waals surface area contributed by atoms with E-state index in [1.807, 2.05) is 19.1 Å². The van der Waals surface area contributed by atoms with E-state index in [0.29, 0.717) is 11.3 Å². The Morgan fingerprint density at radius 2 is 1.85 bits per heavy atom. The summed E-state index contributed by atoms with van der Waals surface area (Å²) in [6.45, 7) is 1.89. The predicted octanol–water partition coefficient (Wildman–Crippen LogP) is 5.09.